The lowest BCUT2D eigenvalue weighted by Gasteiger charge is -2.37. The molecule has 36 heavy (non-hydrogen) atoms. The van der Waals surface area contributed by atoms with E-state index in [1.54, 1.807) is 0 Å². The van der Waals surface area contributed by atoms with Gasteiger partial charge < -0.3 is 21.3 Å². The van der Waals surface area contributed by atoms with Crippen LogP contribution in [-0.4, -0.2) is 68.1 Å². The van der Waals surface area contributed by atoms with Crippen LogP contribution in [-0.2, 0) is 16.3 Å². The number of alkyl halides is 3. The third-order valence-electron chi connectivity index (χ3n) is 4.78. The van der Waals surface area contributed by atoms with E-state index in [0.717, 1.165) is 0 Å². The molecule has 196 valence electrons. The van der Waals surface area contributed by atoms with Crippen LogP contribution in [0.15, 0.2) is 47.5 Å². The molecule has 1 heterocycles. The van der Waals surface area contributed by atoms with E-state index < -0.39 is 39.5 Å². The number of hydrogen-bond acceptors (Lipinski definition) is 5. The van der Waals surface area contributed by atoms with Gasteiger partial charge in [0.25, 0.3) is 21.9 Å². The Balaban J connectivity index is 0.000000830. The first-order valence-corrected chi connectivity index (χ1v) is 12.0. The lowest BCUT2D eigenvalue weighted by atomic mass is 10.1. The van der Waals surface area contributed by atoms with Crippen LogP contribution in [0.25, 0.3) is 0 Å². The first-order chi connectivity index (χ1) is 16.6. The third kappa shape index (κ3) is 8.49. The Morgan fingerprint density at radius 1 is 0.972 bits per heavy atom. The van der Waals surface area contributed by atoms with Crippen molar-refractivity contribution in [3.05, 3.63) is 65.0 Å². The first kappa shape index (κ1) is 28.5. The molecule has 15 heteroatoms. The highest BCUT2D eigenvalue weighted by Gasteiger charge is 2.36. The second-order valence-electron chi connectivity index (χ2n) is 7.59. The van der Waals surface area contributed by atoms with E-state index in [1.807, 2.05) is 0 Å². The maximum Gasteiger partial charge on any atom is 0.418 e. The number of piperazine rings is 1. The van der Waals surface area contributed by atoms with Crippen LogP contribution in [0.5, 0.6) is 0 Å². The molecule has 0 aliphatic carbocycles. The Labute approximate surface area is 203 Å². The van der Waals surface area contributed by atoms with E-state index in [0.29, 0.717) is 17.9 Å². The van der Waals surface area contributed by atoms with Gasteiger partial charge in [-0.05, 0) is 42.5 Å². The Bertz CT molecular complexity index is 1230. The first-order valence-electron chi connectivity index (χ1n) is 10.1. The van der Waals surface area contributed by atoms with E-state index in [-0.39, 0.29) is 43.3 Å². The van der Waals surface area contributed by atoms with Crippen molar-refractivity contribution < 1.29 is 40.1 Å². The number of hydrogen-bond donors (Lipinski definition) is 3. The molecule has 1 saturated heterocycles. The van der Waals surface area contributed by atoms with Crippen LogP contribution in [0.4, 0.5) is 23.2 Å². The van der Waals surface area contributed by atoms with Gasteiger partial charge in [0.15, 0.2) is 5.96 Å². The molecule has 5 N–H and O–H groups in total. The number of nitrogens with zero attached hydrogens (tertiary/aromatic N) is 3. The summed E-state index contributed by atoms with van der Waals surface area (Å²) in [6, 6.07) is 8.18. The van der Waals surface area contributed by atoms with Gasteiger partial charge in [-0.1, -0.05) is 0 Å². The number of carbonyl (C=O) groups is 2. The molecule has 1 aliphatic rings. The summed E-state index contributed by atoms with van der Waals surface area (Å²) in [5, 5.41) is 0. The Kier molecular flexibility index (Phi) is 8.99. The zero-order valence-electron chi connectivity index (χ0n) is 18.9. The molecule has 0 aromatic heterocycles. The SMILES string of the molecule is CS(=O)(=O)O.NC(N)=NC(=O)c1ccc(N2CCN(C(=O)c3ccc(F)cc3)CC2)c(C(F)(F)F)c1. The lowest BCUT2D eigenvalue weighted by molar-refractivity contribution is -0.137. The van der Waals surface area contributed by atoms with Crippen molar-refractivity contribution in [3.8, 4) is 0 Å². The molecule has 1 aliphatic heterocycles. The second-order valence-corrected chi connectivity index (χ2v) is 9.06. The molecule has 2 aromatic carbocycles. The Morgan fingerprint density at radius 2 is 1.47 bits per heavy atom. The van der Waals surface area contributed by atoms with Gasteiger partial charge in [0.2, 0.25) is 0 Å². The maximum absolute atomic E-state index is 13.6. The normalized spacial score (nSPS) is 13.9. The van der Waals surface area contributed by atoms with Crippen LogP contribution in [0, 0.1) is 5.82 Å². The molecule has 2 amide bonds. The van der Waals surface area contributed by atoms with Crippen molar-refractivity contribution in [1.29, 1.82) is 0 Å². The van der Waals surface area contributed by atoms with Gasteiger partial charge in [0, 0.05) is 43.0 Å². The number of aliphatic imine (C=N–C) groups is 1. The van der Waals surface area contributed by atoms with E-state index >= 15 is 0 Å². The number of anilines is 1. The summed E-state index contributed by atoms with van der Waals surface area (Å²) in [6.07, 6.45) is -4.00. The van der Waals surface area contributed by atoms with Gasteiger partial charge in [-0.2, -0.15) is 26.6 Å². The quantitative estimate of drug-likeness (QED) is 0.233. The fourth-order valence-corrected chi connectivity index (χ4v) is 3.28. The van der Waals surface area contributed by atoms with Gasteiger partial charge in [-0.15, -0.1) is 0 Å². The summed E-state index contributed by atoms with van der Waals surface area (Å²) >= 11 is 0. The number of carbonyl (C=O) groups excluding carboxylic acids is 2. The summed E-state index contributed by atoms with van der Waals surface area (Å²) in [7, 11) is -3.67. The summed E-state index contributed by atoms with van der Waals surface area (Å²) in [4.78, 5) is 30.7. The number of guanidine groups is 1. The smallest absolute Gasteiger partial charge is 0.370 e. The predicted molar refractivity (Wildman–Crippen MR) is 124 cm³/mol. The largest absolute Gasteiger partial charge is 0.418 e. The molecule has 2 aromatic rings. The molecule has 0 saturated carbocycles. The molecule has 0 bridgehead atoms. The number of halogens is 4. The molecule has 3 rings (SSSR count). The van der Waals surface area contributed by atoms with Crippen LogP contribution in [0.1, 0.15) is 26.3 Å². The number of nitrogens with two attached hydrogens (primary N) is 2. The van der Waals surface area contributed by atoms with Crippen molar-refractivity contribution in [2.45, 2.75) is 6.18 Å². The van der Waals surface area contributed by atoms with Gasteiger partial charge >= 0.3 is 6.18 Å². The number of benzene rings is 2. The van der Waals surface area contributed by atoms with Crippen LogP contribution >= 0.6 is 0 Å². The molecule has 10 nitrogen and oxygen atoms in total. The zero-order chi connectivity index (χ0) is 27.3. The Hall–Kier alpha value is -3.72. The summed E-state index contributed by atoms with van der Waals surface area (Å²) in [6.45, 7) is 0.665. The lowest BCUT2D eigenvalue weighted by Crippen LogP contribution is -2.49. The molecular weight excluding hydrogens is 510 g/mol. The van der Waals surface area contributed by atoms with Crippen molar-refractivity contribution in [2.75, 3.05) is 37.3 Å². The van der Waals surface area contributed by atoms with Crippen LogP contribution in [0.3, 0.4) is 0 Å². The molecule has 0 spiro atoms. The minimum absolute atomic E-state index is 0.109. The maximum atomic E-state index is 13.6. The van der Waals surface area contributed by atoms with Gasteiger partial charge in [-0.25, -0.2) is 4.39 Å². The third-order valence-corrected chi connectivity index (χ3v) is 4.78. The van der Waals surface area contributed by atoms with E-state index in [9.17, 15) is 35.6 Å². The van der Waals surface area contributed by atoms with Gasteiger partial charge in [-0.3, -0.25) is 14.1 Å². The zero-order valence-corrected chi connectivity index (χ0v) is 19.7. The highest BCUT2D eigenvalue weighted by atomic mass is 32.2. The monoisotopic (exact) mass is 533 g/mol. The second kappa shape index (κ2) is 11.3. The highest BCUT2D eigenvalue weighted by Crippen LogP contribution is 2.38. The van der Waals surface area contributed by atoms with Gasteiger partial charge in [0.05, 0.1) is 11.8 Å². The minimum Gasteiger partial charge on any atom is -0.370 e. The average Bonchev–Trinajstić information content (AvgIpc) is 2.77. The van der Waals surface area contributed by atoms with Crippen molar-refractivity contribution >= 4 is 33.6 Å². The van der Waals surface area contributed by atoms with Crippen LogP contribution < -0.4 is 16.4 Å². The summed E-state index contributed by atoms with van der Waals surface area (Å²) < 4.78 is 79.9. The molecular formula is C21H23F4N5O5S. The van der Waals surface area contributed by atoms with E-state index in [1.165, 1.54) is 46.2 Å². The van der Waals surface area contributed by atoms with E-state index in [4.69, 9.17) is 16.0 Å². The standard InChI is InChI=1S/C20H19F4N5O2.CH4O3S/c21-14-4-1-12(2-5-14)18(31)29-9-7-28(8-10-29)16-6-3-13(17(30)27-19(25)26)11-15(16)20(22,23)24;1-5(2,3)4/h1-6,11H,7-10H2,(H4,25,26,27,30);1H3,(H,2,3,4). The van der Waals surface area contributed by atoms with Crippen LogP contribution in [0.2, 0.25) is 0 Å². The van der Waals surface area contributed by atoms with Crippen molar-refractivity contribution in [3.63, 3.8) is 0 Å². The average molecular weight is 534 g/mol. The van der Waals surface area contributed by atoms with Crippen molar-refractivity contribution in [2.24, 2.45) is 16.5 Å². The minimum atomic E-state index is -4.72. The number of amides is 2. The molecule has 0 unspecified atom stereocenters. The predicted octanol–water partition coefficient (Wildman–Crippen LogP) is 1.72. The summed E-state index contributed by atoms with van der Waals surface area (Å²) in [5.74, 6) is -2.33. The molecule has 0 radical (unpaired) electrons. The fraction of sp³-hybridized carbons (Fsp3) is 0.286. The molecule has 1 fully saturated rings. The van der Waals surface area contributed by atoms with Gasteiger partial charge in [0.1, 0.15) is 5.82 Å². The topological polar surface area (TPSA) is 159 Å². The van der Waals surface area contributed by atoms with E-state index in [2.05, 4.69) is 4.99 Å². The number of rotatable bonds is 3. The highest BCUT2D eigenvalue weighted by molar-refractivity contribution is 7.85. The summed E-state index contributed by atoms with van der Waals surface area (Å²) in [5.41, 5.74) is 9.12. The fourth-order valence-electron chi connectivity index (χ4n) is 3.28. The molecule has 0 atom stereocenters. The Morgan fingerprint density at radius 3 is 1.94 bits per heavy atom. The van der Waals surface area contributed by atoms with Crippen molar-refractivity contribution in [1.82, 2.24) is 4.90 Å².